The molecule has 0 aromatic heterocycles. The Kier molecular flexibility index (Phi) is 9.65. The highest BCUT2D eigenvalue weighted by Crippen LogP contribution is 2.39. The Bertz CT molecular complexity index is 1390. The van der Waals surface area contributed by atoms with E-state index in [9.17, 15) is 14.4 Å². The lowest BCUT2D eigenvalue weighted by Crippen LogP contribution is -2.43. The van der Waals surface area contributed by atoms with Crippen LogP contribution in [-0.4, -0.2) is 33.9 Å². The van der Waals surface area contributed by atoms with Crippen molar-refractivity contribution < 1.29 is 14.4 Å². The van der Waals surface area contributed by atoms with Crippen LogP contribution in [0.4, 0.5) is 0 Å². The summed E-state index contributed by atoms with van der Waals surface area (Å²) in [5.41, 5.74) is 2.77. The Hall–Kier alpha value is -2.93. The minimum Gasteiger partial charge on any atom is -0.316 e. The van der Waals surface area contributed by atoms with Gasteiger partial charge in [-0.25, -0.2) is 0 Å². The first-order valence-electron chi connectivity index (χ1n) is 12.8. The standard InChI is InChI=1S/C31H29BrCl2N2O3/c1-20(37)7-5-6-18-35-28(26-8-3-4-9-27(26)32)19-29(38)36(21(2)22-10-14-24(33)15-11-22)30(31(35)39)23-12-16-25(34)17-13-23/h3-4,8-17,19,21,30H,5-7,18H2,1-2H3/t21-,30+/m1/s1. The van der Waals surface area contributed by atoms with Gasteiger partial charge in [-0.1, -0.05) is 81.6 Å². The maximum atomic E-state index is 14.6. The second kappa shape index (κ2) is 12.9. The van der Waals surface area contributed by atoms with E-state index in [2.05, 4.69) is 15.9 Å². The van der Waals surface area contributed by atoms with Crippen molar-refractivity contribution in [3.05, 3.63) is 110 Å². The van der Waals surface area contributed by atoms with Gasteiger partial charge in [-0.15, -0.1) is 0 Å². The largest absolute Gasteiger partial charge is 0.316 e. The maximum absolute atomic E-state index is 14.6. The van der Waals surface area contributed by atoms with E-state index < -0.39 is 12.1 Å². The molecule has 0 bridgehead atoms. The van der Waals surface area contributed by atoms with Crippen LogP contribution in [0, 0.1) is 0 Å². The van der Waals surface area contributed by atoms with Gasteiger partial charge < -0.3 is 14.6 Å². The molecular weight excluding hydrogens is 599 g/mol. The predicted octanol–water partition coefficient (Wildman–Crippen LogP) is 8.03. The van der Waals surface area contributed by atoms with E-state index in [1.54, 1.807) is 59.2 Å². The molecule has 0 unspecified atom stereocenters. The molecular formula is C31H29BrCl2N2O3. The van der Waals surface area contributed by atoms with E-state index in [0.29, 0.717) is 47.1 Å². The van der Waals surface area contributed by atoms with Crippen molar-refractivity contribution in [3.8, 4) is 0 Å². The summed E-state index contributed by atoms with van der Waals surface area (Å²) in [5.74, 6) is -0.410. The van der Waals surface area contributed by atoms with Crippen LogP contribution in [0.2, 0.25) is 10.0 Å². The first-order chi connectivity index (χ1) is 18.7. The minimum atomic E-state index is -0.899. The molecule has 1 heterocycles. The zero-order valence-electron chi connectivity index (χ0n) is 21.7. The van der Waals surface area contributed by atoms with E-state index in [0.717, 1.165) is 15.6 Å². The van der Waals surface area contributed by atoms with E-state index in [4.69, 9.17) is 23.2 Å². The molecule has 202 valence electrons. The molecule has 0 saturated carbocycles. The minimum absolute atomic E-state index is 0.107. The fourth-order valence-electron chi connectivity index (χ4n) is 4.81. The Morgan fingerprint density at radius 2 is 1.54 bits per heavy atom. The van der Waals surface area contributed by atoms with Crippen LogP contribution in [-0.2, 0) is 14.4 Å². The van der Waals surface area contributed by atoms with Crippen LogP contribution < -0.4 is 0 Å². The van der Waals surface area contributed by atoms with Crippen molar-refractivity contribution >= 4 is 62.4 Å². The van der Waals surface area contributed by atoms with Crippen LogP contribution in [0.25, 0.3) is 5.70 Å². The normalized spacial score (nSPS) is 16.6. The van der Waals surface area contributed by atoms with Gasteiger partial charge in [0.25, 0.3) is 5.91 Å². The molecule has 1 aliphatic rings. The molecule has 8 heteroatoms. The number of halogens is 3. The molecule has 0 N–H and O–H groups in total. The van der Waals surface area contributed by atoms with E-state index in [1.807, 2.05) is 43.3 Å². The van der Waals surface area contributed by atoms with Crippen molar-refractivity contribution in [2.75, 3.05) is 6.54 Å². The number of rotatable bonds is 9. The van der Waals surface area contributed by atoms with Gasteiger partial charge in [0.15, 0.2) is 0 Å². The van der Waals surface area contributed by atoms with Gasteiger partial charge in [0, 0.05) is 39.1 Å². The number of carbonyl (C=O) groups is 3. The molecule has 2 amide bonds. The number of unbranched alkanes of at least 4 members (excludes halogenated alkanes) is 1. The summed E-state index contributed by atoms with van der Waals surface area (Å²) in [7, 11) is 0. The van der Waals surface area contributed by atoms with Gasteiger partial charge in [0.1, 0.15) is 11.8 Å². The summed E-state index contributed by atoms with van der Waals surface area (Å²) >= 11 is 15.9. The molecule has 0 saturated heterocycles. The van der Waals surface area contributed by atoms with Gasteiger partial charge >= 0.3 is 0 Å². The van der Waals surface area contributed by atoms with E-state index in [1.165, 1.54) is 0 Å². The smallest absolute Gasteiger partial charge is 0.254 e. The molecule has 0 fully saturated rings. The van der Waals surface area contributed by atoms with Crippen molar-refractivity contribution in [3.63, 3.8) is 0 Å². The zero-order valence-corrected chi connectivity index (χ0v) is 24.8. The Morgan fingerprint density at radius 3 is 2.15 bits per heavy atom. The highest BCUT2D eigenvalue weighted by molar-refractivity contribution is 9.10. The van der Waals surface area contributed by atoms with Gasteiger partial charge in [0.05, 0.1) is 11.7 Å². The van der Waals surface area contributed by atoms with Crippen LogP contribution >= 0.6 is 39.1 Å². The summed E-state index contributed by atoms with van der Waals surface area (Å²) in [4.78, 5) is 43.5. The molecule has 4 rings (SSSR count). The van der Waals surface area contributed by atoms with Gasteiger partial charge in [-0.05, 0) is 68.1 Å². The summed E-state index contributed by atoms with van der Waals surface area (Å²) in [6.07, 6.45) is 3.24. The Morgan fingerprint density at radius 1 is 0.923 bits per heavy atom. The van der Waals surface area contributed by atoms with Gasteiger partial charge in [-0.3, -0.25) is 9.59 Å². The lowest BCUT2D eigenvalue weighted by Gasteiger charge is -2.36. The van der Waals surface area contributed by atoms with Crippen LogP contribution in [0.5, 0.6) is 0 Å². The molecule has 0 spiro atoms. The fraction of sp³-hybridized carbons (Fsp3) is 0.258. The zero-order chi connectivity index (χ0) is 28.1. The first-order valence-corrected chi connectivity index (χ1v) is 14.3. The van der Waals surface area contributed by atoms with Crippen LogP contribution in [0.15, 0.2) is 83.3 Å². The predicted molar refractivity (Wildman–Crippen MR) is 159 cm³/mol. The summed E-state index contributed by atoms with van der Waals surface area (Å²) in [6.45, 7) is 3.83. The quantitative estimate of drug-likeness (QED) is 0.226. The average Bonchev–Trinajstić information content (AvgIpc) is 3.01. The van der Waals surface area contributed by atoms with E-state index >= 15 is 0 Å². The van der Waals surface area contributed by atoms with Crippen molar-refractivity contribution in [2.24, 2.45) is 0 Å². The number of amides is 2. The molecule has 3 aromatic rings. The molecule has 5 nitrogen and oxygen atoms in total. The monoisotopic (exact) mass is 626 g/mol. The second-order valence-corrected chi connectivity index (χ2v) is 11.3. The van der Waals surface area contributed by atoms with Crippen molar-refractivity contribution in [1.29, 1.82) is 0 Å². The lowest BCUT2D eigenvalue weighted by atomic mass is 9.99. The molecule has 1 aliphatic heterocycles. The number of Topliss-reactive ketones (excluding diaryl/α,β-unsaturated/α-hetero) is 1. The Labute approximate surface area is 247 Å². The Balaban J connectivity index is 1.86. The molecule has 0 aliphatic carbocycles. The number of hydrogen-bond acceptors (Lipinski definition) is 3. The number of ketones is 1. The van der Waals surface area contributed by atoms with Crippen LogP contribution in [0.1, 0.15) is 61.9 Å². The molecule has 39 heavy (non-hydrogen) atoms. The third-order valence-corrected chi connectivity index (χ3v) is 8.04. The van der Waals surface area contributed by atoms with Gasteiger partial charge in [-0.2, -0.15) is 0 Å². The van der Waals surface area contributed by atoms with Crippen LogP contribution in [0.3, 0.4) is 0 Å². The summed E-state index contributed by atoms with van der Waals surface area (Å²) < 4.78 is 0.771. The molecule has 0 radical (unpaired) electrons. The molecule has 2 atom stereocenters. The lowest BCUT2D eigenvalue weighted by molar-refractivity contribution is -0.142. The number of benzene rings is 3. The SMILES string of the molecule is CC(=O)CCCCN1C(=O)[C@H](c2ccc(Cl)cc2)N([C@H](C)c2ccc(Cl)cc2)C(=O)C=C1c1ccccc1Br. The molecule has 3 aromatic carbocycles. The third kappa shape index (κ3) is 6.81. The maximum Gasteiger partial charge on any atom is 0.254 e. The summed E-state index contributed by atoms with van der Waals surface area (Å²) in [6, 6.07) is 20.5. The highest BCUT2D eigenvalue weighted by Gasteiger charge is 2.41. The topological polar surface area (TPSA) is 57.7 Å². The third-order valence-electron chi connectivity index (χ3n) is 6.85. The number of hydrogen-bond donors (Lipinski definition) is 0. The van der Waals surface area contributed by atoms with Gasteiger partial charge in [0.2, 0.25) is 5.91 Å². The number of carbonyl (C=O) groups excluding carboxylic acids is 3. The number of nitrogens with zero attached hydrogens (tertiary/aromatic N) is 2. The summed E-state index contributed by atoms with van der Waals surface area (Å²) in [5, 5.41) is 1.13. The first kappa shape index (κ1) is 29.1. The van der Waals surface area contributed by atoms with Crippen molar-refractivity contribution in [1.82, 2.24) is 9.80 Å². The highest BCUT2D eigenvalue weighted by atomic mass is 79.9. The fourth-order valence-corrected chi connectivity index (χ4v) is 5.55. The van der Waals surface area contributed by atoms with Crippen molar-refractivity contribution in [2.45, 2.75) is 45.2 Å². The average molecular weight is 628 g/mol. The van der Waals surface area contributed by atoms with E-state index in [-0.39, 0.29) is 17.6 Å². The second-order valence-electron chi connectivity index (χ2n) is 9.59.